The van der Waals surface area contributed by atoms with Gasteiger partial charge in [0.25, 0.3) is 0 Å². The molecule has 0 unspecified atom stereocenters. The molecule has 2 N–H and O–H groups in total. The zero-order chi connectivity index (χ0) is 14.2. The molecule has 4 rings (SSSR count). The first-order valence-corrected chi connectivity index (χ1v) is 8.36. The normalized spacial score (nSPS) is 11.0. The lowest BCUT2D eigenvalue weighted by Crippen LogP contribution is -1.97. The Labute approximate surface area is 130 Å². The van der Waals surface area contributed by atoms with Crippen LogP contribution in [0.5, 0.6) is 0 Å². The predicted molar refractivity (Wildman–Crippen MR) is 92.8 cm³/mol. The van der Waals surface area contributed by atoms with Crippen LogP contribution in [0.1, 0.15) is 0 Å². The van der Waals surface area contributed by atoms with Crippen LogP contribution in [0.2, 0.25) is 0 Å². The first-order valence-electron chi connectivity index (χ1n) is 6.60. The molecule has 0 saturated heterocycles. The van der Waals surface area contributed by atoms with Gasteiger partial charge in [-0.2, -0.15) is 0 Å². The lowest BCUT2D eigenvalue weighted by molar-refractivity contribution is 1.42. The summed E-state index contributed by atoms with van der Waals surface area (Å²) in [5.74, 6) is 0.597. The van der Waals surface area contributed by atoms with Crippen LogP contribution in [0.15, 0.2) is 59.3 Å². The second-order valence-electron chi connectivity index (χ2n) is 4.72. The van der Waals surface area contributed by atoms with Crippen molar-refractivity contribution in [1.29, 1.82) is 0 Å². The molecule has 4 heteroatoms. The van der Waals surface area contributed by atoms with Crippen molar-refractivity contribution in [3.8, 4) is 20.9 Å². The van der Waals surface area contributed by atoms with E-state index in [1.165, 1.54) is 10.4 Å². The summed E-state index contributed by atoms with van der Waals surface area (Å²) in [7, 11) is 0. The average Bonchev–Trinajstić information content (AvgIpc) is 3.19. The van der Waals surface area contributed by atoms with Gasteiger partial charge in [-0.3, -0.25) is 0 Å². The number of hydrogen-bond donors (Lipinski definition) is 1. The van der Waals surface area contributed by atoms with Crippen molar-refractivity contribution in [3.63, 3.8) is 0 Å². The lowest BCUT2D eigenvalue weighted by atomic mass is 10.00. The Bertz CT molecular complexity index is 894. The quantitative estimate of drug-likeness (QED) is 0.547. The second-order valence-corrected chi connectivity index (χ2v) is 6.61. The maximum atomic E-state index is 6.28. The lowest BCUT2D eigenvalue weighted by Gasteiger charge is -2.13. The van der Waals surface area contributed by atoms with Gasteiger partial charge in [-0.1, -0.05) is 30.3 Å². The Morgan fingerprint density at radius 3 is 2.10 bits per heavy atom. The highest BCUT2D eigenvalue weighted by Gasteiger charge is 2.17. The zero-order valence-electron chi connectivity index (χ0n) is 11.1. The molecule has 0 spiro atoms. The van der Waals surface area contributed by atoms with Crippen molar-refractivity contribution >= 4 is 39.4 Å². The van der Waals surface area contributed by atoms with Crippen LogP contribution in [0, 0.1) is 0 Å². The largest absolute Gasteiger partial charge is 0.383 e. The van der Waals surface area contributed by atoms with Crippen LogP contribution in [0.3, 0.4) is 0 Å². The molecule has 0 amide bonds. The van der Waals surface area contributed by atoms with Gasteiger partial charge in [0.1, 0.15) is 5.82 Å². The fourth-order valence-corrected chi connectivity index (χ4v) is 4.15. The highest BCUT2D eigenvalue weighted by molar-refractivity contribution is 7.14. The van der Waals surface area contributed by atoms with E-state index in [1.54, 1.807) is 22.7 Å². The molecule has 0 aliphatic heterocycles. The van der Waals surface area contributed by atoms with Crippen LogP contribution in [-0.2, 0) is 0 Å². The summed E-state index contributed by atoms with van der Waals surface area (Å²) >= 11 is 3.43. The number of nitrogens with two attached hydrogens (primary N) is 1. The van der Waals surface area contributed by atoms with Crippen molar-refractivity contribution in [2.24, 2.45) is 0 Å². The molecule has 3 heterocycles. The van der Waals surface area contributed by atoms with Crippen LogP contribution in [0.25, 0.3) is 31.8 Å². The van der Waals surface area contributed by atoms with E-state index in [-0.39, 0.29) is 0 Å². The summed E-state index contributed by atoms with van der Waals surface area (Å²) in [5.41, 5.74) is 9.47. The molecule has 0 saturated carbocycles. The fraction of sp³-hybridized carbons (Fsp3) is 0. The van der Waals surface area contributed by atoms with E-state index in [9.17, 15) is 0 Å². The highest BCUT2D eigenvalue weighted by atomic mass is 32.1. The van der Waals surface area contributed by atoms with Crippen LogP contribution in [-0.4, -0.2) is 4.98 Å². The number of pyridine rings is 1. The molecule has 0 fully saturated rings. The number of rotatable bonds is 2. The van der Waals surface area contributed by atoms with E-state index < -0.39 is 0 Å². The van der Waals surface area contributed by atoms with Crippen molar-refractivity contribution < 1.29 is 0 Å². The number of nitrogens with zero attached hydrogens (tertiary/aromatic N) is 1. The number of fused-ring (bicyclic) bond motifs is 1. The van der Waals surface area contributed by atoms with E-state index in [0.29, 0.717) is 5.82 Å². The minimum absolute atomic E-state index is 0.597. The molecule has 21 heavy (non-hydrogen) atoms. The van der Waals surface area contributed by atoms with Crippen molar-refractivity contribution in [3.05, 3.63) is 59.3 Å². The third-order valence-corrected chi connectivity index (χ3v) is 5.23. The van der Waals surface area contributed by atoms with Crippen LogP contribution >= 0.6 is 22.7 Å². The maximum absolute atomic E-state index is 6.28. The highest BCUT2D eigenvalue weighted by Crippen LogP contribution is 2.43. The minimum atomic E-state index is 0.597. The van der Waals surface area contributed by atoms with Gasteiger partial charge in [0.05, 0.1) is 5.52 Å². The third-order valence-electron chi connectivity index (χ3n) is 3.46. The Balaban J connectivity index is 2.17. The molecule has 4 aromatic rings. The van der Waals surface area contributed by atoms with E-state index in [0.717, 1.165) is 21.3 Å². The van der Waals surface area contributed by atoms with E-state index in [2.05, 4.69) is 46.1 Å². The van der Waals surface area contributed by atoms with Gasteiger partial charge < -0.3 is 5.73 Å². The van der Waals surface area contributed by atoms with Gasteiger partial charge in [0.15, 0.2) is 0 Å². The molecule has 102 valence electrons. The van der Waals surface area contributed by atoms with Gasteiger partial charge >= 0.3 is 0 Å². The first kappa shape index (κ1) is 12.6. The molecule has 0 atom stereocenters. The summed E-state index contributed by atoms with van der Waals surface area (Å²) in [6.45, 7) is 0. The molecule has 0 bridgehead atoms. The predicted octanol–water partition coefficient (Wildman–Crippen LogP) is 5.27. The third kappa shape index (κ3) is 2.04. The van der Waals surface area contributed by atoms with Crippen molar-refractivity contribution in [2.75, 3.05) is 5.73 Å². The van der Waals surface area contributed by atoms with Crippen molar-refractivity contribution in [1.82, 2.24) is 4.98 Å². The Kier molecular flexibility index (Phi) is 2.98. The van der Waals surface area contributed by atoms with Crippen molar-refractivity contribution in [2.45, 2.75) is 0 Å². The van der Waals surface area contributed by atoms with Gasteiger partial charge in [-0.15, -0.1) is 22.7 Å². The molecule has 0 radical (unpaired) electrons. The number of benzene rings is 1. The average molecular weight is 308 g/mol. The van der Waals surface area contributed by atoms with Crippen LogP contribution < -0.4 is 5.73 Å². The van der Waals surface area contributed by atoms with E-state index >= 15 is 0 Å². The maximum Gasteiger partial charge on any atom is 0.133 e. The number of hydrogen-bond acceptors (Lipinski definition) is 4. The van der Waals surface area contributed by atoms with E-state index in [4.69, 9.17) is 5.73 Å². The fourth-order valence-electron chi connectivity index (χ4n) is 2.58. The Morgan fingerprint density at radius 1 is 0.762 bits per heavy atom. The Morgan fingerprint density at radius 2 is 1.43 bits per heavy atom. The number of aromatic nitrogens is 1. The summed E-state index contributed by atoms with van der Waals surface area (Å²) in [5, 5.41) is 5.32. The molecule has 3 aromatic heterocycles. The molecule has 0 aliphatic rings. The van der Waals surface area contributed by atoms with E-state index in [1.807, 2.05) is 18.2 Å². The Hall–Kier alpha value is -2.17. The molecule has 1 aromatic carbocycles. The summed E-state index contributed by atoms with van der Waals surface area (Å²) in [6.07, 6.45) is 0. The van der Waals surface area contributed by atoms with Gasteiger partial charge in [-0.25, -0.2) is 4.98 Å². The first-order chi connectivity index (χ1) is 10.3. The van der Waals surface area contributed by atoms with Gasteiger partial charge in [0.2, 0.25) is 0 Å². The summed E-state index contributed by atoms with van der Waals surface area (Å²) in [4.78, 5) is 6.98. The molecular formula is C17H12N2S2. The van der Waals surface area contributed by atoms with Gasteiger partial charge in [-0.05, 0) is 29.0 Å². The second kappa shape index (κ2) is 4.98. The number of anilines is 1. The smallest absolute Gasteiger partial charge is 0.133 e. The standard InChI is InChI=1S/C17H12N2S2/c18-17-16(14-8-4-10-21-14)15(13-7-3-9-20-13)11-5-1-2-6-12(11)19-17/h1-10H,(H2,18,19). The number of thiophene rings is 2. The summed E-state index contributed by atoms with van der Waals surface area (Å²) < 4.78 is 0. The molecular weight excluding hydrogens is 296 g/mol. The minimum Gasteiger partial charge on any atom is -0.383 e. The zero-order valence-corrected chi connectivity index (χ0v) is 12.7. The van der Waals surface area contributed by atoms with Crippen LogP contribution in [0.4, 0.5) is 5.82 Å². The SMILES string of the molecule is Nc1nc2ccccc2c(-c2cccs2)c1-c1cccs1. The monoisotopic (exact) mass is 308 g/mol. The number of para-hydroxylation sites is 1. The van der Waals surface area contributed by atoms with Gasteiger partial charge in [0, 0.05) is 26.3 Å². The summed E-state index contributed by atoms with van der Waals surface area (Å²) in [6, 6.07) is 16.5. The molecule has 0 aliphatic carbocycles. The topological polar surface area (TPSA) is 38.9 Å². The number of nitrogen functional groups attached to an aromatic ring is 1. The molecule has 2 nitrogen and oxygen atoms in total.